The van der Waals surface area contributed by atoms with E-state index in [1.54, 1.807) is 4.79 Å². The fraction of sp³-hybridized carbons (Fsp3) is 0.273. The molecule has 0 fully saturated rings. The summed E-state index contributed by atoms with van der Waals surface area (Å²) < 4.78 is 0. The molecule has 1 aliphatic heterocycles. The van der Waals surface area contributed by atoms with Gasteiger partial charge in [-0.15, -0.1) is 12.4 Å². The minimum Gasteiger partial charge on any atom is -0.353 e. The van der Waals surface area contributed by atoms with Crippen molar-refractivity contribution in [1.29, 1.82) is 0 Å². The fourth-order valence-electron chi connectivity index (χ4n) is 1.81. The summed E-state index contributed by atoms with van der Waals surface area (Å²) in [5.41, 5.74) is 5.42. The van der Waals surface area contributed by atoms with Gasteiger partial charge in [0.15, 0.2) is 0 Å². The van der Waals surface area contributed by atoms with Gasteiger partial charge in [-0.1, -0.05) is 11.6 Å². The van der Waals surface area contributed by atoms with E-state index in [2.05, 4.69) is 46.0 Å². The molecule has 90 valence electrons. The molecule has 0 amide bonds. The Bertz CT molecular complexity index is 560. The predicted octanol–water partition coefficient (Wildman–Crippen LogP) is 1.27. The van der Waals surface area contributed by atoms with Gasteiger partial charge in [0.05, 0.1) is 18.3 Å². The monoisotopic (exact) mass is 251 g/mol. The van der Waals surface area contributed by atoms with Gasteiger partial charge in [-0.05, 0) is 19.1 Å². The molecule has 2 heterocycles. The number of nitrogens with zero attached hydrogens (tertiary/aromatic N) is 3. The van der Waals surface area contributed by atoms with Crippen molar-refractivity contribution in [3.05, 3.63) is 30.0 Å². The topological polar surface area (TPSA) is 54.2 Å². The van der Waals surface area contributed by atoms with Crippen LogP contribution in [-0.4, -0.2) is 28.9 Å². The van der Waals surface area contributed by atoms with Crippen LogP contribution in [0.1, 0.15) is 5.56 Å². The van der Waals surface area contributed by atoms with Crippen LogP contribution in [0.5, 0.6) is 0 Å². The summed E-state index contributed by atoms with van der Waals surface area (Å²) in [6.07, 6.45) is 1.85. The lowest BCUT2D eigenvalue weighted by Gasteiger charge is -2.07. The van der Waals surface area contributed by atoms with Gasteiger partial charge in [-0.2, -0.15) is 9.89 Å². The average Bonchev–Trinajstić information content (AvgIpc) is 2.89. The minimum absolute atomic E-state index is 0. The van der Waals surface area contributed by atoms with Gasteiger partial charge in [-0.3, -0.25) is 0 Å². The number of benzene rings is 1. The average molecular weight is 252 g/mol. The second-order valence-corrected chi connectivity index (χ2v) is 3.89. The number of nitrogens with one attached hydrogen (secondary N) is 2. The number of aliphatic imine (C=N–C) groups is 1. The Labute approximate surface area is 105 Å². The highest BCUT2D eigenvalue weighted by Gasteiger charge is 2.07. The molecule has 5 nitrogen and oxygen atoms in total. The van der Waals surface area contributed by atoms with Gasteiger partial charge >= 0.3 is 0 Å². The van der Waals surface area contributed by atoms with Gasteiger partial charge in [0.1, 0.15) is 0 Å². The third-order valence-corrected chi connectivity index (χ3v) is 2.61. The van der Waals surface area contributed by atoms with Crippen molar-refractivity contribution < 1.29 is 0 Å². The number of hydrogen-bond acceptors (Lipinski definition) is 4. The van der Waals surface area contributed by atoms with E-state index >= 15 is 0 Å². The molecule has 0 aliphatic carbocycles. The lowest BCUT2D eigenvalue weighted by Crippen LogP contribution is -2.32. The number of aryl methyl sites for hydroxylation is 1. The third kappa shape index (κ3) is 2.19. The lowest BCUT2D eigenvalue weighted by atomic mass is 10.2. The van der Waals surface area contributed by atoms with E-state index in [9.17, 15) is 0 Å². The molecule has 0 atom stereocenters. The molecule has 0 bridgehead atoms. The van der Waals surface area contributed by atoms with E-state index in [0.29, 0.717) is 0 Å². The SMILES string of the molecule is Cc1ccc2c(cnn2NC2=NCCN2)c1.Cl. The Kier molecular flexibility index (Phi) is 3.19. The molecule has 17 heavy (non-hydrogen) atoms. The first-order chi connectivity index (χ1) is 7.83. The summed E-state index contributed by atoms with van der Waals surface area (Å²) in [4.78, 5) is 6.01. The van der Waals surface area contributed by atoms with Crippen molar-refractivity contribution in [2.45, 2.75) is 6.92 Å². The van der Waals surface area contributed by atoms with Crippen LogP contribution in [-0.2, 0) is 0 Å². The zero-order chi connectivity index (χ0) is 11.0. The number of guanidine groups is 1. The largest absolute Gasteiger partial charge is 0.353 e. The molecule has 0 saturated heterocycles. The van der Waals surface area contributed by atoms with Crippen molar-refractivity contribution in [1.82, 2.24) is 15.2 Å². The zero-order valence-corrected chi connectivity index (χ0v) is 10.3. The summed E-state index contributed by atoms with van der Waals surface area (Å²) in [6, 6.07) is 6.25. The lowest BCUT2D eigenvalue weighted by molar-refractivity contribution is 0.831. The Morgan fingerprint density at radius 3 is 3.06 bits per heavy atom. The molecular formula is C11H14ClN5. The van der Waals surface area contributed by atoms with Crippen LogP contribution in [0.25, 0.3) is 10.9 Å². The molecule has 1 aliphatic rings. The first kappa shape index (κ1) is 11.7. The second-order valence-electron chi connectivity index (χ2n) is 3.89. The van der Waals surface area contributed by atoms with Crippen molar-refractivity contribution >= 4 is 29.3 Å². The molecule has 0 unspecified atom stereocenters. The van der Waals surface area contributed by atoms with Crippen LogP contribution in [0.4, 0.5) is 0 Å². The van der Waals surface area contributed by atoms with Crippen molar-refractivity contribution in [2.75, 3.05) is 18.5 Å². The van der Waals surface area contributed by atoms with Crippen LogP contribution in [0.2, 0.25) is 0 Å². The minimum atomic E-state index is 0. The van der Waals surface area contributed by atoms with E-state index in [4.69, 9.17) is 0 Å². The molecule has 0 spiro atoms. The van der Waals surface area contributed by atoms with Gasteiger partial charge in [0.2, 0.25) is 5.96 Å². The van der Waals surface area contributed by atoms with Crippen molar-refractivity contribution in [2.24, 2.45) is 4.99 Å². The summed E-state index contributed by atoms with van der Waals surface area (Å²) in [6.45, 7) is 3.79. The molecule has 6 heteroatoms. The summed E-state index contributed by atoms with van der Waals surface area (Å²) in [5.74, 6) is 0.783. The number of halogens is 1. The highest BCUT2D eigenvalue weighted by Crippen LogP contribution is 2.14. The normalized spacial score (nSPS) is 14.1. The number of hydrogen-bond donors (Lipinski definition) is 2. The van der Waals surface area contributed by atoms with Crippen LogP contribution >= 0.6 is 12.4 Å². The zero-order valence-electron chi connectivity index (χ0n) is 9.47. The van der Waals surface area contributed by atoms with Gasteiger partial charge in [-0.25, -0.2) is 10.4 Å². The maximum atomic E-state index is 4.28. The molecule has 0 saturated carbocycles. The summed E-state index contributed by atoms with van der Waals surface area (Å²) in [5, 5.41) is 8.56. The maximum absolute atomic E-state index is 4.28. The Morgan fingerprint density at radius 1 is 1.41 bits per heavy atom. The smallest absolute Gasteiger partial charge is 0.212 e. The number of rotatable bonds is 1. The molecule has 0 radical (unpaired) electrons. The third-order valence-electron chi connectivity index (χ3n) is 2.61. The first-order valence-electron chi connectivity index (χ1n) is 5.33. The standard InChI is InChI=1S/C11H13N5.ClH/c1-8-2-3-10-9(6-8)7-14-16(10)15-11-12-4-5-13-11;/h2-3,6-7H,4-5H2,1H3,(H2,12,13,15);1H. The van der Waals surface area contributed by atoms with Crippen LogP contribution in [0, 0.1) is 6.92 Å². The van der Waals surface area contributed by atoms with Crippen molar-refractivity contribution in [3.8, 4) is 0 Å². The summed E-state index contributed by atoms with van der Waals surface area (Å²) >= 11 is 0. The van der Waals surface area contributed by atoms with Gasteiger partial charge in [0, 0.05) is 11.9 Å². The molecule has 3 rings (SSSR count). The Balaban J connectivity index is 0.00000108. The van der Waals surface area contributed by atoms with Crippen LogP contribution in [0.3, 0.4) is 0 Å². The Morgan fingerprint density at radius 2 is 2.29 bits per heavy atom. The van der Waals surface area contributed by atoms with Gasteiger partial charge in [0.25, 0.3) is 0 Å². The molecule has 1 aromatic carbocycles. The summed E-state index contributed by atoms with van der Waals surface area (Å²) in [7, 11) is 0. The maximum Gasteiger partial charge on any atom is 0.212 e. The van der Waals surface area contributed by atoms with Crippen LogP contribution < -0.4 is 10.7 Å². The second kappa shape index (κ2) is 4.63. The van der Waals surface area contributed by atoms with E-state index in [0.717, 1.165) is 30.0 Å². The molecule has 2 N–H and O–H groups in total. The van der Waals surface area contributed by atoms with Crippen molar-refractivity contribution in [3.63, 3.8) is 0 Å². The molecular weight excluding hydrogens is 238 g/mol. The number of aromatic nitrogens is 2. The predicted molar refractivity (Wildman–Crippen MR) is 71.4 cm³/mol. The van der Waals surface area contributed by atoms with E-state index in [1.165, 1.54) is 5.56 Å². The van der Waals surface area contributed by atoms with Gasteiger partial charge < -0.3 is 5.32 Å². The highest BCUT2D eigenvalue weighted by atomic mass is 35.5. The van der Waals surface area contributed by atoms with E-state index < -0.39 is 0 Å². The first-order valence-corrected chi connectivity index (χ1v) is 5.33. The quantitative estimate of drug-likeness (QED) is 0.803. The Hall–Kier alpha value is -1.75. The fourth-order valence-corrected chi connectivity index (χ4v) is 1.81. The molecule has 1 aromatic heterocycles. The highest BCUT2D eigenvalue weighted by molar-refractivity contribution is 5.90. The van der Waals surface area contributed by atoms with Crippen LogP contribution in [0.15, 0.2) is 29.4 Å². The van der Waals surface area contributed by atoms with E-state index in [-0.39, 0.29) is 12.4 Å². The van der Waals surface area contributed by atoms with E-state index in [1.807, 2.05) is 6.20 Å². The molecule has 2 aromatic rings. The number of fused-ring (bicyclic) bond motifs is 1.